The molecular weight excluding hydrogens is 494 g/mol. The molecule has 37 heavy (non-hydrogen) atoms. The van der Waals surface area contributed by atoms with Crippen LogP contribution in [0.25, 0.3) is 0 Å². The zero-order valence-electron chi connectivity index (χ0n) is 22.2. The molecule has 0 spiro atoms. The van der Waals surface area contributed by atoms with Crippen molar-refractivity contribution in [2.45, 2.75) is 65.6 Å². The van der Waals surface area contributed by atoms with Gasteiger partial charge in [0, 0.05) is 31.6 Å². The number of rotatable bonds is 12. The average Bonchev–Trinajstić information content (AvgIpc) is 3.29. The van der Waals surface area contributed by atoms with E-state index in [1.807, 2.05) is 52.0 Å². The molecule has 10 heteroatoms. The summed E-state index contributed by atoms with van der Waals surface area (Å²) in [4.78, 5) is 28.0. The van der Waals surface area contributed by atoms with Crippen LogP contribution in [0.4, 0.5) is 5.69 Å². The van der Waals surface area contributed by atoms with Crippen LogP contribution in [0.2, 0.25) is 0 Å². The van der Waals surface area contributed by atoms with E-state index in [-0.39, 0.29) is 44.0 Å². The first-order valence-electron chi connectivity index (χ1n) is 12.5. The Kier molecular flexibility index (Phi) is 9.42. The quantitative estimate of drug-likeness (QED) is 0.449. The number of carbonyl (C=O) groups is 2. The molecule has 1 N–H and O–H groups in total. The van der Waals surface area contributed by atoms with Crippen LogP contribution < -0.4 is 19.1 Å². The number of ether oxygens (including phenoxy) is 2. The molecule has 1 aliphatic heterocycles. The molecule has 3 rings (SSSR count). The van der Waals surface area contributed by atoms with Crippen molar-refractivity contribution in [3.63, 3.8) is 0 Å². The van der Waals surface area contributed by atoms with Gasteiger partial charge in [-0.2, -0.15) is 0 Å². The van der Waals surface area contributed by atoms with Crippen molar-refractivity contribution in [3.05, 3.63) is 53.6 Å². The Morgan fingerprint density at radius 1 is 1.05 bits per heavy atom. The van der Waals surface area contributed by atoms with E-state index in [2.05, 4.69) is 5.32 Å². The van der Waals surface area contributed by atoms with Gasteiger partial charge in [0.15, 0.2) is 11.5 Å². The van der Waals surface area contributed by atoms with Crippen molar-refractivity contribution >= 4 is 27.5 Å². The van der Waals surface area contributed by atoms with Crippen LogP contribution >= 0.6 is 0 Å². The van der Waals surface area contributed by atoms with Crippen molar-refractivity contribution in [2.24, 2.45) is 0 Å². The van der Waals surface area contributed by atoms with Crippen molar-refractivity contribution in [2.75, 3.05) is 23.9 Å². The number of nitrogens with one attached hydrogen (secondary N) is 1. The molecule has 0 fully saturated rings. The van der Waals surface area contributed by atoms with Crippen molar-refractivity contribution < 1.29 is 27.5 Å². The summed E-state index contributed by atoms with van der Waals surface area (Å²) >= 11 is 0. The molecule has 0 saturated heterocycles. The number of carbonyl (C=O) groups excluding carboxylic acids is 2. The minimum atomic E-state index is -3.61. The number of hydrogen-bond donors (Lipinski definition) is 1. The fourth-order valence-electron chi connectivity index (χ4n) is 4.23. The SMILES string of the molecule is CCC(C(=O)NC(C)C)N(Cc1ccc(C)cc1)C(=O)CCCN(c1ccc2c(c1)OCO2)S(C)(=O)=O. The number of aryl methyl sites for hydroxylation is 1. The average molecular weight is 532 g/mol. The summed E-state index contributed by atoms with van der Waals surface area (Å²) in [6.45, 7) is 8.13. The van der Waals surface area contributed by atoms with Gasteiger partial charge in [0.25, 0.3) is 0 Å². The van der Waals surface area contributed by atoms with E-state index in [4.69, 9.17) is 9.47 Å². The predicted octanol–water partition coefficient (Wildman–Crippen LogP) is 3.60. The van der Waals surface area contributed by atoms with E-state index in [1.165, 1.54) is 4.31 Å². The first-order valence-corrected chi connectivity index (χ1v) is 14.4. The Morgan fingerprint density at radius 2 is 1.73 bits per heavy atom. The molecule has 9 nitrogen and oxygen atoms in total. The van der Waals surface area contributed by atoms with Gasteiger partial charge in [0.1, 0.15) is 6.04 Å². The van der Waals surface area contributed by atoms with Gasteiger partial charge >= 0.3 is 0 Å². The summed E-state index contributed by atoms with van der Waals surface area (Å²) in [5, 5.41) is 2.92. The second kappa shape index (κ2) is 12.3. The fraction of sp³-hybridized carbons (Fsp3) is 0.481. The third kappa shape index (κ3) is 7.61. The second-order valence-corrected chi connectivity index (χ2v) is 11.5. The van der Waals surface area contributed by atoms with Crippen molar-refractivity contribution in [3.8, 4) is 11.5 Å². The summed E-state index contributed by atoms with van der Waals surface area (Å²) in [7, 11) is -3.61. The van der Waals surface area contributed by atoms with Gasteiger partial charge < -0.3 is 19.7 Å². The van der Waals surface area contributed by atoms with Gasteiger partial charge in [0.05, 0.1) is 11.9 Å². The lowest BCUT2D eigenvalue weighted by Gasteiger charge is -2.31. The third-order valence-electron chi connectivity index (χ3n) is 6.09. The predicted molar refractivity (Wildman–Crippen MR) is 143 cm³/mol. The lowest BCUT2D eigenvalue weighted by molar-refractivity contribution is -0.141. The van der Waals surface area contributed by atoms with Crippen LogP contribution in [-0.4, -0.2) is 56.8 Å². The minimum absolute atomic E-state index is 0.0529. The summed E-state index contributed by atoms with van der Waals surface area (Å²) < 4.78 is 37.1. The summed E-state index contributed by atoms with van der Waals surface area (Å²) in [6.07, 6.45) is 1.97. The Bertz CT molecular complexity index is 1200. The Labute approximate surface area is 219 Å². The smallest absolute Gasteiger partial charge is 0.243 e. The number of fused-ring (bicyclic) bond motifs is 1. The van der Waals surface area contributed by atoms with Crippen LogP contribution in [0.15, 0.2) is 42.5 Å². The summed E-state index contributed by atoms with van der Waals surface area (Å²) in [6, 6.07) is 12.1. The first-order chi connectivity index (χ1) is 17.5. The maximum atomic E-state index is 13.5. The zero-order valence-corrected chi connectivity index (χ0v) is 23.0. The van der Waals surface area contributed by atoms with Gasteiger partial charge in [-0.25, -0.2) is 8.42 Å². The van der Waals surface area contributed by atoms with E-state index in [9.17, 15) is 18.0 Å². The number of benzene rings is 2. The molecular formula is C27H37N3O6S. The maximum Gasteiger partial charge on any atom is 0.243 e. The highest BCUT2D eigenvalue weighted by molar-refractivity contribution is 7.92. The van der Waals surface area contributed by atoms with Crippen molar-refractivity contribution in [1.29, 1.82) is 0 Å². The van der Waals surface area contributed by atoms with Crippen LogP contribution in [-0.2, 0) is 26.2 Å². The normalized spacial score (nSPS) is 13.4. The summed E-state index contributed by atoms with van der Waals surface area (Å²) in [5.41, 5.74) is 2.47. The van der Waals surface area contributed by atoms with Crippen LogP contribution in [0.5, 0.6) is 11.5 Å². The molecule has 2 amide bonds. The number of amides is 2. The van der Waals surface area contributed by atoms with Gasteiger partial charge in [0.2, 0.25) is 28.6 Å². The van der Waals surface area contributed by atoms with E-state index in [0.717, 1.165) is 17.4 Å². The molecule has 202 valence electrons. The van der Waals surface area contributed by atoms with E-state index in [1.54, 1.807) is 23.1 Å². The fourth-order valence-corrected chi connectivity index (χ4v) is 5.19. The number of anilines is 1. The molecule has 0 bridgehead atoms. The van der Waals surface area contributed by atoms with Gasteiger partial charge in [-0.3, -0.25) is 13.9 Å². The number of nitrogens with zero attached hydrogens (tertiary/aromatic N) is 2. The maximum absolute atomic E-state index is 13.5. The Balaban J connectivity index is 1.76. The van der Waals surface area contributed by atoms with E-state index >= 15 is 0 Å². The first kappa shape index (κ1) is 28.3. The standard InChI is InChI=1S/C27H37N3O6S/c1-6-23(27(32)28-19(2)3)29(17-21-11-9-20(4)10-12-21)26(31)8-7-15-30(37(5,33)34)22-13-14-24-25(16-22)36-18-35-24/h9-14,16,19,23H,6-8,15,17-18H2,1-5H3,(H,28,32). The van der Waals surface area contributed by atoms with Gasteiger partial charge in [-0.1, -0.05) is 36.8 Å². The van der Waals surface area contributed by atoms with Crippen LogP contribution in [0.3, 0.4) is 0 Å². The number of sulfonamides is 1. The highest BCUT2D eigenvalue weighted by Crippen LogP contribution is 2.36. The van der Waals surface area contributed by atoms with Crippen molar-refractivity contribution in [1.82, 2.24) is 10.2 Å². The molecule has 0 aromatic heterocycles. The monoisotopic (exact) mass is 531 g/mol. The van der Waals surface area contributed by atoms with Crippen LogP contribution in [0.1, 0.15) is 51.2 Å². The largest absolute Gasteiger partial charge is 0.454 e. The molecule has 2 aromatic carbocycles. The highest BCUT2D eigenvalue weighted by atomic mass is 32.2. The van der Waals surface area contributed by atoms with Crippen LogP contribution in [0, 0.1) is 6.92 Å². The molecule has 1 unspecified atom stereocenters. The highest BCUT2D eigenvalue weighted by Gasteiger charge is 2.29. The van der Waals surface area contributed by atoms with E-state index in [0.29, 0.717) is 30.2 Å². The molecule has 2 aromatic rings. The minimum Gasteiger partial charge on any atom is -0.454 e. The number of hydrogen-bond acceptors (Lipinski definition) is 6. The molecule has 0 aliphatic carbocycles. The molecule has 1 heterocycles. The Hall–Kier alpha value is -3.27. The third-order valence-corrected chi connectivity index (χ3v) is 7.28. The lowest BCUT2D eigenvalue weighted by atomic mass is 10.1. The van der Waals surface area contributed by atoms with Gasteiger partial charge in [-0.05, 0) is 51.3 Å². The second-order valence-electron chi connectivity index (χ2n) is 9.57. The molecule has 1 atom stereocenters. The molecule has 0 radical (unpaired) electrons. The van der Waals surface area contributed by atoms with Gasteiger partial charge in [-0.15, -0.1) is 0 Å². The zero-order chi connectivity index (χ0) is 27.2. The lowest BCUT2D eigenvalue weighted by Crippen LogP contribution is -2.50. The summed E-state index contributed by atoms with van der Waals surface area (Å²) in [5.74, 6) is 0.638. The molecule has 0 saturated carbocycles. The molecule has 1 aliphatic rings. The Morgan fingerprint density at radius 3 is 2.35 bits per heavy atom. The van der Waals surface area contributed by atoms with E-state index < -0.39 is 16.1 Å². The topological polar surface area (TPSA) is 105 Å².